The van der Waals surface area contributed by atoms with Gasteiger partial charge in [-0.15, -0.1) is 0 Å². The van der Waals surface area contributed by atoms with E-state index in [1.165, 1.54) is 27.8 Å². The number of aromatic nitrogens is 1. The summed E-state index contributed by atoms with van der Waals surface area (Å²) in [4.78, 5) is 1.53. The highest BCUT2D eigenvalue weighted by molar-refractivity contribution is 5.24. The van der Waals surface area contributed by atoms with Crippen molar-refractivity contribution < 1.29 is 9.29 Å². The Hall–Kier alpha value is -2.39. The molecule has 1 aromatic heterocycles. The average Bonchev–Trinajstić information content (AvgIpc) is 3.05. The number of hydrogen-bond acceptors (Lipinski definition) is 0. The first-order chi connectivity index (χ1) is 13.0. The number of nitrogens with one attached hydrogen (secondary N) is 1. The predicted molar refractivity (Wildman–Crippen MR) is 109 cm³/mol. The zero-order valence-electron chi connectivity index (χ0n) is 16.6. The minimum Gasteiger partial charge on any atom is -0.342 e. The van der Waals surface area contributed by atoms with Gasteiger partial charge in [0, 0.05) is 23.2 Å². The Kier molecular flexibility index (Phi) is 6.46. The zero-order valence-corrected chi connectivity index (χ0v) is 16.6. The van der Waals surface area contributed by atoms with Crippen LogP contribution >= 0.6 is 0 Å². The van der Waals surface area contributed by atoms with E-state index in [4.69, 9.17) is 0 Å². The molecule has 1 heterocycles. The highest BCUT2D eigenvalue weighted by atomic mass is 19.1. The fraction of sp³-hybridized carbons (Fsp3) is 0.333. The lowest BCUT2D eigenvalue weighted by atomic mass is 10.1. The Labute approximate surface area is 162 Å². The molecule has 0 amide bonds. The fourth-order valence-electron chi connectivity index (χ4n) is 3.69. The van der Waals surface area contributed by atoms with E-state index in [-0.39, 0.29) is 5.82 Å². The SMILES string of the molecule is Cc1ccccc1C[NH+](Cc1cccn1Cc1ccccc1F)CC(C)C. The standard InChI is InChI=1S/C24H29FN2/c1-19(2)15-26(16-21-10-5-4-9-20(21)3)18-23-12-8-14-27(23)17-22-11-6-7-13-24(22)25/h4-14,19H,15-18H2,1-3H3/p+1. The summed E-state index contributed by atoms with van der Waals surface area (Å²) in [6, 6.07) is 19.9. The summed E-state index contributed by atoms with van der Waals surface area (Å²) >= 11 is 0. The third-order valence-electron chi connectivity index (χ3n) is 5.05. The van der Waals surface area contributed by atoms with Gasteiger partial charge in [-0.1, -0.05) is 56.3 Å². The smallest absolute Gasteiger partial charge is 0.128 e. The lowest BCUT2D eigenvalue weighted by Gasteiger charge is -2.23. The molecular formula is C24H30FN2+. The zero-order chi connectivity index (χ0) is 19.2. The van der Waals surface area contributed by atoms with Crippen molar-refractivity contribution in [1.82, 2.24) is 4.57 Å². The highest BCUT2D eigenvalue weighted by Gasteiger charge is 2.16. The molecule has 3 rings (SSSR count). The first-order valence-electron chi connectivity index (χ1n) is 9.78. The van der Waals surface area contributed by atoms with Crippen molar-refractivity contribution in [3.05, 3.63) is 95.1 Å². The summed E-state index contributed by atoms with van der Waals surface area (Å²) in [7, 11) is 0. The van der Waals surface area contributed by atoms with E-state index in [2.05, 4.69) is 67.9 Å². The number of quaternary nitrogens is 1. The van der Waals surface area contributed by atoms with Crippen LogP contribution in [0.5, 0.6) is 0 Å². The second-order valence-corrected chi connectivity index (χ2v) is 7.85. The monoisotopic (exact) mass is 365 g/mol. The van der Waals surface area contributed by atoms with Crippen molar-refractivity contribution in [2.75, 3.05) is 6.54 Å². The summed E-state index contributed by atoms with van der Waals surface area (Å²) in [5.74, 6) is 0.488. The Balaban J connectivity index is 1.77. The molecule has 1 unspecified atom stereocenters. The quantitative estimate of drug-likeness (QED) is 0.612. The van der Waals surface area contributed by atoms with Crippen molar-refractivity contribution in [1.29, 1.82) is 0 Å². The summed E-state index contributed by atoms with van der Waals surface area (Å²) in [5, 5.41) is 0. The molecule has 0 fully saturated rings. The molecule has 0 radical (unpaired) electrons. The first-order valence-corrected chi connectivity index (χ1v) is 9.78. The molecule has 0 saturated carbocycles. The second kappa shape index (κ2) is 9.01. The molecule has 0 aliphatic heterocycles. The van der Waals surface area contributed by atoms with Gasteiger partial charge in [-0.2, -0.15) is 0 Å². The van der Waals surface area contributed by atoms with Crippen molar-refractivity contribution in [2.45, 2.75) is 40.4 Å². The van der Waals surface area contributed by atoms with Gasteiger partial charge in [-0.25, -0.2) is 4.39 Å². The van der Waals surface area contributed by atoms with Gasteiger partial charge in [-0.3, -0.25) is 0 Å². The van der Waals surface area contributed by atoms with Crippen LogP contribution in [-0.2, 0) is 19.6 Å². The maximum absolute atomic E-state index is 14.1. The van der Waals surface area contributed by atoms with Gasteiger partial charge in [0.2, 0.25) is 0 Å². The Morgan fingerprint density at radius 2 is 1.59 bits per heavy atom. The van der Waals surface area contributed by atoms with Crippen LogP contribution in [0.3, 0.4) is 0 Å². The van der Waals surface area contributed by atoms with E-state index < -0.39 is 0 Å². The van der Waals surface area contributed by atoms with Crippen LogP contribution < -0.4 is 4.90 Å². The topological polar surface area (TPSA) is 9.37 Å². The van der Waals surface area contributed by atoms with E-state index >= 15 is 0 Å². The molecule has 3 heteroatoms. The minimum atomic E-state index is -0.136. The number of rotatable bonds is 8. The third kappa shape index (κ3) is 5.30. The van der Waals surface area contributed by atoms with Crippen molar-refractivity contribution in [3.8, 4) is 0 Å². The molecule has 1 atom stereocenters. The largest absolute Gasteiger partial charge is 0.342 e. The van der Waals surface area contributed by atoms with E-state index in [0.717, 1.165) is 25.2 Å². The first kappa shape index (κ1) is 19.4. The Morgan fingerprint density at radius 3 is 2.30 bits per heavy atom. The minimum absolute atomic E-state index is 0.136. The van der Waals surface area contributed by atoms with E-state index in [9.17, 15) is 4.39 Å². The molecule has 1 N–H and O–H groups in total. The predicted octanol–water partition coefficient (Wildman–Crippen LogP) is 4.23. The number of benzene rings is 2. The molecule has 3 aromatic rings. The van der Waals surface area contributed by atoms with Gasteiger partial charge in [0.1, 0.15) is 18.9 Å². The molecule has 0 bridgehead atoms. The number of aryl methyl sites for hydroxylation is 1. The summed E-state index contributed by atoms with van der Waals surface area (Å²) in [6.07, 6.45) is 2.06. The van der Waals surface area contributed by atoms with Crippen LogP contribution in [-0.4, -0.2) is 11.1 Å². The third-order valence-corrected chi connectivity index (χ3v) is 5.05. The molecule has 2 aromatic carbocycles. The summed E-state index contributed by atoms with van der Waals surface area (Å²) in [5.41, 5.74) is 4.74. The number of hydrogen-bond donors (Lipinski definition) is 1. The molecule has 0 aliphatic rings. The molecule has 0 aliphatic carbocycles. The van der Waals surface area contributed by atoms with Crippen LogP contribution in [0.1, 0.15) is 36.2 Å². The van der Waals surface area contributed by atoms with E-state index in [1.807, 2.05) is 12.1 Å². The molecule has 0 spiro atoms. The lowest BCUT2D eigenvalue weighted by molar-refractivity contribution is -0.930. The van der Waals surface area contributed by atoms with Crippen LogP contribution in [0.4, 0.5) is 4.39 Å². The normalized spacial score (nSPS) is 12.5. The second-order valence-electron chi connectivity index (χ2n) is 7.85. The van der Waals surface area contributed by atoms with Gasteiger partial charge < -0.3 is 9.47 Å². The highest BCUT2D eigenvalue weighted by Crippen LogP contribution is 2.11. The van der Waals surface area contributed by atoms with Crippen LogP contribution in [0.15, 0.2) is 66.9 Å². The van der Waals surface area contributed by atoms with E-state index in [0.29, 0.717) is 12.5 Å². The molecule has 27 heavy (non-hydrogen) atoms. The van der Waals surface area contributed by atoms with Gasteiger partial charge in [0.05, 0.1) is 18.8 Å². The molecule has 2 nitrogen and oxygen atoms in total. The van der Waals surface area contributed by atoms with Gasteiger partial charge >= 0.3 is 0 Å². The lowest BCUT2D eigenvalue weighted by Crippen LogP contribution is -3.10. The van der Waals surface area contributed by atoms with Gasteiger partial charge in [-0.05, 0) is 30.7 Å². The summed E-state index contributed by atoms with van der Waals surface area (Å²) < 4.78 is 16.2. The van der Waals surface area contributed by atoms with Gasteiger partial charge in [0.15, 0.2) is 0 Å². The van der Waals surface area contributed by atoms with Crippen molar-refractivity contribution in [3.63, 3.8) is 0 Å². The van der Waals surface area contributed by atoms with Crippen LogP contribution in [0, 0.1) is 18.7 Å². The molecule has 0 saturated heterocycles. The maximum Gasteiger partial charge on any atom is 0.128 e. The van der Waals surface area contributed by atoms with E-state index in [1.54, 1.807) is 6.07 Å². The number of nitrogens with zero attached hydrogens (tertiary/aromatic N) is 1. The van der Waals surface area contributed by atoms with Crippen molar-refractivity contribution in [2.24, 2.45) is 5.92 Å². The Bertz CT molecular complexity index is 866. The van der Waals surface area contributed by atoms with Crippen molar-refractivity contribution >= 4 is 0 Å². The van der Waals surface area contributed by atoms with Gasteiger partial charge in [0.25, 0.3) is 0 Å². The Morgan fingerprint density at radius 1 is 0.889 bits per heavy atom. The fourth-order valence-corrected chi connectivity index (χ4v) is 3.69. The molecular weight excluding hydrogens is 335 g/mol. The maximum atomic E-state index is 14.1. The average molecular weight is 366 g/mol. The number of halogens is 1. The molecule has 142 valence electrons. The summed E-state index contributed by atoms with van der Waals surface area (Å²) in [6.45, 7) is 10.4. The van der Waals surface area contributed by atoms with Crippen LogP contribution in [0.25, 0.3) is 0 Å². The van der Waals surface area contributed by atoms with Crippen LogP contribution in [0.2, 0.25) is 0 Å².